The molecule has 3 amide bonds. The second-order valence-corrected chi connectivity index (χ2v) is 7.59. The van der Waals surface area contributed by atoms with E-state index in [2.05, 4.69) is 10.3 Å². The van der Waals surface area contributed by atoms with Crippen molar-refractivity contribution in [1.82, 2.24) is 14.9 Å². The number of hydrogen-bond donors (Lipinski definition) is 2. The summed E-state index contributed by atoms with van der Waals surface area (Å²) in [4.78, 5) is 41.1. The van der Waals surface area contributed by atoms with Crippen molar-refractivity contribution >= 4 is 34.9 Å². The molecule has 0 spiro atoms. The fourth-order valence-electron chi connectivity index (χ4n) is 3.45. The Morgan fingerprint density at radius 2 is 1.78 bits per heavy atom. The van der Waals surface area contributed by atoms with Crippen molar-refractivity contribution in [2.24, 2.45) is 0 Å². The zero-order valence-electron chi connectivity index (χ0n) is 19.9. The SMILES string of the molecule is CCOCCNC(=O)n1ccc2cc(Oc3ccnc(N(C(=O)O)C(=O)Oc4ccccc4)c3)ccc21. The van der Waals surface area contributed by atoms with E-state index in [1.165, 1.54) is 35.0 Å². The average molecular weight is 504 g/mol. The van der Waals surface area contributed by atoms with Crippen molar-refractivity contribution in [3.63, 3.8) is 0 Å². The van der Waals surface area contributed by atoms with Gasteiger partial charge in [0.2, 0.25) is 0 Å². The fourth-order valence-corrected chi connectivity index (χ4v) is 3.45. The van der Waals surface area contributed by atoms with Gasteiger partial charge < -0.3 is 24.6 Å². The van der Waals surface area contributed by atoms with Gasteiger partial charge in [-0.2, -0.15) is 4.90 Å². The zero-order chi connectivity index (χ0) is 26.2. The molecule has 2 aromatic carbocycles. The maximum atomic E-state index is 12.5. The van der Waals surface area contributed by atoms with Gasteiger partial charge in [-0.05, 0) is 49.4 Å². The summed E-state index contributed by atoms with van der Waals surface area (Å²) in [6, 6.07) is 17.6. The number of carboxylic acid groups (broad SMARTS) is 1. The number of anilines is 1. The molecule has 37 heavy (non-hydrogen) atoms. The minimum atomic E-state index is -1.56. The highest BCUT2D eigenvalue weighted by Gasteiger charge is 2.27. The Bertz CT molecular complexity index is 1400. The number of hydrogen-bond acceptors (Lipinski definition) is 7. The molecule has 0 aliphatic rings. The first-order valence-electron chi connectivity index (χ1n) is 11.4. The molecule has 11 nitrogen and oxygen atoms in total. The monoisotopic (exact) mass is 504 g/mol. The van der Waals surface area contributed by atoms with E-state index in [1.807, 2.05) is 6.92 Å². The number of imide groups is 1. The molecule has 0 unspecified atom stereocenters. The zero-order valence-corrected chi connectivity index (χ0v) is 19.9. The maximum absolute atomic E-state index is 12.5. The van der Waals surface area contributed by atoms with Crippen molar-refractivity contribution in [2.75, 3.05) is 24.7 Å². The molecule has 0 radical (unpaired) electrons. The van der Waals surface area contributed by atoms with E-state index >= 15 is 0 Å². The maximum Gasteiger partial charge on any atom is 0.430 e. The van der Waals surface area contributed by atoms with Crippen LogP contribution in [0, 0.1) is 0 Å². The Hall–Kier alpha value is -4.90. The second-order valence-electron chi connectivity index (χ2n) is 7.59. The molecule has 0 bridgehead atoms. The molecule has 4 aromatic rings. The van der Waals surface area contributed by atoms with Gasteiger partial charge in [0.1, 0.15) is 17.2 Å². The summed E-state index contributed by atoms with van der Waals surface area (Å²) in [5.74, 6) is 0.681. The number of carbonyl (C=O) groups excluding carboxylic acids is 2. The van der Waals surface area contributed by atoms with Gasteiger partial charge in [0.25, 0.3) is 0 Å². The lowest BCUT2D eigenvalue weighted by Gasteiger charge is -2.16. The van der Waals surface area contributed by atoms with Crippen molar-refractivity contribution in [2.45, 2.75) is 6.92 Å². The third-order valence-electron chi connectivity index (χ3n) is 5.11. The summed E-state index contributed by atoms with van der Waals surface area (Å²) in [5, 5.41) is 13.1. The largest absolute Gasteiger partial charge is 0.464 e. The highest BCUT2D eigenvalue weighted by Crippen LogP contribution is 2.28. The Kier molecular flexibility index (Phi) is 7.96. The van der Waals surface area contributed by atoms with Gasteiger partial charge in [0.05, 0.1) is 12.1 Å². The summed E-state index contributed by atoms with van der Waals surface area (Å²) >= 11 is 0. The predicted octanol–water partition coefficient (Wildman–Crippen LogP) is 5.11. The van der Waals surface area contributed by atoms with E-state index in [-0.39, 0.29) is 23.3 Å². The summed E-state index contributed by atoms with van der Waals surface area (Å²) in [6.45, 7) is 3.28. The van der Waals surface area contributed by atoms with Crippen LogP contribution < -0.4 is 19.7 Å². The molecule has 4 rings (SSSR count). The quantitative estimate of drug-likeness (QED) is 0.317. The number of nitrogens with one attached hydrogen (secondary N) is 1. The standard InChI is InChI=1S/C26H24N4O7/c1-2-35-15-13-28-24(31)29-14-11-18-16-20(8-9-22(18)29)36-21-10-12-27-23(17-21)30(25(32)33)26(34)37-19-6-4-3-5-7-19/h3-12,14,16-17H,2,13,15H2,1H3,(H,28,31)(H,32,33). The van der Waals surface area contributed by atoms with Crippen molar-refractivity contribution in [3.05, 3.63) is 79.1 Å². The third-order valence-corrected chi connectivity index (χ3v) is 5.11. The smallest absolute Gasteiger partial charge is 0.430 e. The van der Waals surface area contributed by atoms with Crippen LogP contribution in [0.15, 0.2) is 79.1 Å². The third kappa shape index (κ3) is 6.21. The lowest BCUT2D eigenvalue weighted by molar-refractivity contribution is 0.149. The van der Waals surface area contributed by atoms with Gasteiger partial charge in [0, 0.05) is 37.0 Å². The number of ether oxygens (including phenoxy) is 3. The minimum absolute atomic E-state index is 0.189. The first-order valence-corrected chi connectivity index (χ1v) is 11.4. The van der Waals surface area contributed by atoms with E-state index in [1.54, 1.807) is 48.7 Å². The highest BCUT2D eigenvalue weighted by molar-refractivity contribution is 6.08. The Balaban J connectivity index is 1.49. The topological polar surface area (TPSA) is 132 Å². The summed E-state index contributed by atoms with van der Waals surface area (Å²) in [5.41, 5.74) is 0.678. The van der Waals surface area contributed by atoms with Crippen molar-refractivity contribution in [3.8, 4) is 17.2 Å². The van der Waals surface area contributed by atoms with E-state index in [4.69, 9.17) is 14.2 Å². The molecular weight excluding hydrogens is 480 g/mol. The van der Waals surface area contributed by atoms with E-state index in [0.717, 1.165) is 5.39 Å². The van der Waals surface area contributed by atoms with Crippen LogP contribution in [0.1, 0.15) is 6.92 Å². The van der Waals surface area contributed by atoms with E-state index in [0.29, 0.717) is 35.9 Å². The van der Waals surface area contributed by atoms with Gasteiger partial charge >= 0.3 is 18.2 Å². The molecule has 0 atom stereocenters. The first-order chi connectivity index (χ1) is 18.0. The number of aromatic nitrogens is 2. The number of amides is 3. The number of pyridine rings is 1. The number of benzene rings is 2. The highest BCUT2D eigenvalue weighted by atomic mass is 16.6. The number of nitrogens with zero attached hydrogens (tertiary/aromatic N) is 3. The van der Waals surface area contributed by atoms with Crippen LogP contribution in [0.4, 0.5) is 20.2 Å². The Labute approximate surface area is 211 Å². The Morgan fingerprint density at radius 3 is 2.54 bits per heavy atom. The minimum Gasteiger partial charge on any atom is -0.464 e. The molecule has 0 saturated carbocycles. The summed E-state index contributed by atoms with van der Waals surface area (Å²) in [6.07, 6.45) is 0.273. The number of carbonyl (C=O) groups is 3. The molecule has 2 heterocycles. The van der Waals surface area contributed by atoms with Gasteiger partial charge in [-0.1, -0.05) is 18.2 Å². The van der Waals surface area contributed by atoms with E-state index < -0.39 is 12.2 Å². The van der Waals surface area contributed by atoms with Gasteiger partial charge in [0.15, 0.2) is 5.82 Å². The average Bonchev–Trinajstić information content (AvgIpc) is 3.31. The van der Waals surface area contributed by atoms with Crippen LogP contribution in [0.3, 0.4) is 0 Å². The second kappa shape index (κ2) is 11.7. The molecule has 0 fully saturated rings. The van der Waals surface area contributed by atoms with Crippen LogP contribution in [-0.4, -0.2) is 52.6 Å². The van der Waals surface area contributed by atoms with Crippen LogP contribution in [-0.2, 0) is 4.74 Å². The number of fused-ring (bicyclic) bond motifs is 1. The summed E-state index contributed by atoms with van der Waals surface area (Å²) in [7, 11) is 0. The molecule has 2 N–H and O–H groups in total. The molecule has 190 valence electrons. The molecular formula is C26H24N4O7. The van der Waals surface area contributed by atoms with Gasteiger partial charge in [-0.25, -0.2) is 19.4 Å². The van der Waals surface area contributed by atoms with Crippen molar-refractivity contribution < 1.29 is 33.7 Å². The van der Waals surface area contributed by atoms with E-state index in [9.17, 15) is 19.5 Å². The molecule has 11 heteroatoms. The number of rotatable bonds is 8. The van der Waals surface area contributed by atoms with Crippen LogP contribution >= 0.6 is 0 Å². The summed E-state index contributed by atoms with van der Waals surface area (Å²) < 4.78 is 17.7. The number of para-hydroxylation sites is 1. The van der Waals surface area contributed by atoms with Crippen molar-refractivity contribution in [1.29, 1.82) is 0 Å². The normalized spacial score (nSPS) is 10.6. The lowest BCUT2D eigenvalue weighted by Crippen LogP contribution is -2.38. The first kappa shape index (κ1) is 25.2. The van der Waals surface area contributed by atoms with Crippen LogP contribution in [0.2, 0.25) is 0 Å². The molecule has 0 aliphatic carbocycles. The fraction of sp³-hybridized carbons (Fsp3) is 0.154. The molecule has 0 saturated heterocycles. The van der Waals surface area contributed by atoms with Crippen LogP contribution in [0.25, 0.3) is 10.9 Å². The Morgan fingerprint density at radius 1 is 1.00 bits per heavy atom. The van der Waals surface area contributed by atoms with Gasteiger partial charge in [-0.3, -0.25) is 4.57 Å². The van der Waals surface area contributed by atoms with Crippen LogP contribution in [0.5, 0.6) is 17.2 Å². The van der Waals surface area contributed by atoms with Gasteiger partial charge in [-0.15, -0.1) is 0 Å². The predicted molar refractivity (Wildman–Crippen MR) is 135 cm³/mol. The molecule has 2 aromatic heterocycles. The lowest BCUT2D eigenvalue weighted by atomic mass is 10.2. The molecule has 0 aliphatic heterocycles.